The highest BCUT2D eigenvalue weighted by atomic mass is 35.5. The van der Waals surface area contributed by atoms with Gasteiger partial charge in [-0.25, -0.2) is 9.37 Å². The SMILES string of the molecule is C[C@@H](Oc1cc(-c2cnn(C3CCN(C4CCC5(CC4)CCN(C(=O)c4cccc(NC6CCC(=O)NC6=O)c4)CC5)CC3)c2)cnc1N)c1c(Cl)ccc(F)c1Cl. The normalized spacial score (nSPS) is 21.2. The Bertz CT molecular complexity index is 2170. The Hall–Kier alpha value is -4.72. The van der Waals surface area contributed by atoms with E-state index in [1.807, 2.05) is 41.4 Å². The summed E-state index contributed by atoms with van der Waals surface area (Å²) in [7, 11) is 0. The highest BCUT2D eigenvalue weighted by Crippen LogP contribution is 2.46. The number of carbonyl (C=O) groups excluding carboxylic acids is 3. The number of imide groups is 1. The number of anilines is 2. The van der Waals surface area contributed by atoms with E-state index >= 15 is 0 Å². The van der Waals surface area contributed by atoms with Gasteiger partial charge in [0.15, 0.2) is 11.6 Å². The largest absolute Gasteiger partial charge is 0.482 e. The molecule has 1 spiro atoms. The molecule has 1 saturated carbocycles. The average Bonchev–Trinajstić information content (AvgIpc) is 3.73. The van der Waals surface area contributed by atoms with Crippen LogP contribution in [-0.4, -0.2) is 80.5 Å². The third-order valence-electron chi connectivity index (χ3n) is 12.8. The van der Waals surface area contributed by atoms with Gasteiger partial charge in [-0.05, 0) is 107 Å². The molecule has 8 rings (SSSR count). The molecule has 1 aliphatic carbocycles. The number of nitrogens with two attached hydrogens (primary N) is 1. The lowest BCUT2D eigenvalue weighted by molar-refractivity contribution is -0.133. The predicted molar refractivity (Wildman–Crippen MR) is 221 cm³/mol. The molecule has 4 N–H and O–H groups in total. The maximum absolute atomic E-state index is 14.2. The third kappa shape index (κ3) is 8.53. The van der Waals surface area contributed by atoms with Crippen molar-refractivity contribution in [1.82, 2.24) is 29.9 Å². The van der Waals surface area contributed by atoms with Crippen LogP contribution in [0.3, 0.4) is 0 Å². The van der Waals surface area contributed by atoms with Crippen molar-refractivity contribution in [3.63, 3.8) is 0 Å². The number of piperidine rings is 3. The lowest BCUT2D eigenvalue weighted by atomic mass is 9.66. The lowest BCUT2D eigenvalue weighted by Crippen LogP contribution is -2.48. The van der Waals surface area contributed by atoms with Crippen molar-refractivity contribution in [2.24, 2.45) is 5.41 Å². The maximum atomic E-state index is 14.2. The number of pyridine rings is 1. The summed E-state index contributed by atoms with van der Waals surface area (Å²) >= 11 is 12.5. The zero-order chi connectivity index (χ0) is 40.6. The molecule has 2 aromatic carbocycles. The number of amides is 3. The Morgan fingerprint density at radius 1 is 0.966 bits per heavy atom. The molecule has 2 atom stereocenters. The van der Waals surface area contributed by atoms with E-state index < -0.39 is 18.0 Å². The summed E-state index contributed by atoms with van der Waals surface area (Å²) in [6.45, 7) is 5.30. The van der Waals surface area contributed by atoms with Crippen molar-refractivity contribution in [3.8, 4) is 16.9 Å². The van der Waals surface area contributed by atoms with Crippen LogP contribution in [0.4, 0.5) is 15.9 Å². The van der Waals surface area contributed by atoms with Crippen molar-refractivity contribution < 1.29 is 23.5 Å². The van der Waals surface area contributed by atoms with Crippen LogP contribution in [0.1, 0.15) is 99.2 Å². The van der Waals surface area contributed by atoms with Crippen molar-refractivity contribution in [2.45, 2.75) is 95.4 Å². The van der Waals surface area contributed by atoms with E-state index in [4.69, 9.17) is 38.8 Å². The van der Waals surface area contributed by atoms with Gasteiger partial charge in [0.1, 0.15) is 18.0 Å². The van der Waals surface area contributed by atoms with Crippen LogP contribution in [0.25, 0.3) is 11.1 Å². The molecule has 58 heavy (non-hydrogen) atoms. The number of rotatable bonds is 9. The molecule has 15 heteroatoms. The second kappa shape index (κ2) is 16.9. The molecule has 2 aromatic heterocycles. The number of hydrogen-bond acceptors (Lipinski definition) is 9. The molecule has 5 heterocycles. The molecular weight excluding hydrogens is 782 g/mol. The van der Waals surface area contributed by atoms with E-state index in [2.05, 4.69) is 31.4 Å². The topological polar surface area (TPSA) is 148 Å². The first kappa shape index (κ1) is 40.1. The molecule has 3 amide bonds. The summed E-state index contributed by atoms with van der Waals surface area (Å²) in [6, 6.07) is 12.2. The van der Waals surface area contributed by atoms with Crippen LogP contribution < -0.4 is 21.1 Å². The first-order valence-electron chi connectivity index (χ1n) is 20.3. The van der Waals surface area contributed by atoms with Crippen LogP contribution in [0.5, 0.6) is 5.75 Å². The van der Waals surface area contributed by atoms with E-state index in [0.29, 0.717) is 57.9 Å². The number of likely N-dealkylation sites (tertiary alicyclic amines) is 2. The van der Waals surface area contributed by atoms with Crippen molar-refractivity contribution in [1.29, 1.82) is 0 Å². The molecule has 1 unspecified atom stereocenters. The fourth-order valence-corrected chi connectivity index (χ4v) is 9.97. The minimum atomic E-state index is -0.670. The number of carbonyl (C=O) groups is 3. The minimum Gasteiger partial charge on any atom is -0.482 e. The zero-order valence-electron chi connectivity index (χ0n) is 32.6. The number of benzene rings is 2. The quantitative estimate of drug-likeness (QED) is 0.113. The average molecular weight is 832 g/mol. The summed E-state index contributed by atoms with van der Waals surface area (Å²) in [5.41, 5.74) is 9.83. The Balaban J connectivity index is 0.802. The highest BCUT2D eigenvalue weighted by Gasteiger charge is 2.41. The van der Waals surface area contributed by atoms with Gasteiger partial charge in [-0.15, -0.1) is 0 Å². The van der Waals surface area contributed by atoms with Gasteiger partial charge in [-0.3, -0.25) is 24.4 Å². The first-order valence-corrected chi connectivity index (χ1v) is 21.0. The van der Waals surface area contributed by atoms with Gasteiger partial charge < -0.3 is 25.6 Å². The van der Waals surface area contributed by atoms with E-state index in [9.17, 15) is 18.8 Å². The molecule has 0 radical (unpaired) electrons. The Kier molecular flexibility index (Phi) is 11.7. The number of halogens is 3. The lowest BCUT2D eigenvalue weighted by Gasteiger charge is -2.48. The van der Waals surface area contributed by atoms with Gasteiger partial charge in [0, 0.05) is 84.0 Å². The number of hydrogen-bond donors (Lipinski definition) is 3. The second-order valence-corrected chi connectivity index (χ2v) is 17.1. The van der Waals surface area contributed by atoms with Gasteiger partial charge >= 0.3 is 0 Å². The molecule has 4 aliphatic rings. The summed E-state index contributed by atoms with van der Waals surface area (Å²) < 4.78 is 22.4. The summed E-state index contributed by atoms with van der Waals surface area (Å²) in [6.07, 6.45) is 14.5. The summed E-state index contributed by atoms with van der Waals surface area (Å²) in [5.74, 6) is -0.583. The van der Waals surface area contributed by atoms with Gasteiger partial charge in [-0.1, -0.05) is 29.3 Å². The molecule has 4 fully saturated rings. The Labute approximate surface area is 347 Å². The van der Waals surface area contributed by atoms with Gasteiger partial charge in [-0.2, -0.15) is 5.10 Å². The molecule has 306 valence electrons. The molecule has 3 saturated heterocycles. The molecular formula is C43H49Cl2FN8O4. The number of ether oxygens (including phenoxy) is 1. The van der Waals surface area contributed by atoms with Crippen LogP contribution in [0.2, 0.25) is 10.0 Å². The van der Waals surface area contributed by atoms with Crippen molar-refractivity contribution in [2.75, 3.05) is 37.2 Å². The standard InChI is InChI=1S/C43H49Cl2FN8O4/c1-26(38-33(44)5-6-34(46)39(38)45)58-36-22-28(23-48-40(36)47)29-24-49-54(25-29)32-11-17-52(18-12-32)31-9-13-43(14-10-31)15-19-53(20-16-43)42(57)27-3-2-4-30(21-27)50-35-7-8-37(55)51-41(35)56/h2-6,21-26,31-32,35,50H,7-20H2,1H3,(H2,47,48)(H,51,55,56)/t26-,35?/m1/s1. The fourth-order valence-electron chi connectivity index (χ4n) is 9.30. The van der Waals surface area contributed by atoms with Gasteiger partial charge in [0.05, 0.1) is 17.3 Å². The molecule has 3 aliphatic heterocycles. The van der Waals surface area contributed by atoms with E-state index in [0.717, 1.165) is 63.0 Å². The van der Waals surface area contributed by atoms with Crippen LogP contribution >= 0.6 is 23.2 Å². The fraction of sp³-hybridized carbons (Fsp3) is 0.465. The molecule has 0 bridgehead atoms. The molecule has 4 aromatic rings. The first-order chi connectivity index (χ1) is 27.9. The van der Waals surface area contributed by atoms with Crippen LogP contribution in [0.15, 0.2) is 61.1 Å². The van der Waals surface area contributed by atoms with Crippen LogP contribution in [0, 0.1) is 11.2 Å². The van der Waals surface area contributed by atoms with Crippen molar-refractivity contribution >= 4 is 52.4 Å². The van der Waals surface area contributed by atoms with Crippen molar-refractivity contribution in [3.05, 3.63) is 88.0 Å². The maximum Gasteiger partial charge on any atom is 0.253 e. The Morgan fingerprint density at radius 2 is 1.72 bits per heavy atom. The van der Waals surface area contributed by atoms with Crippen LogP contribution in [-0.2, 0) is 9.59 Å². The number of nitrogens with one attached hydrogen (secondary N) is 2. The summed E-state index contributed by atoms with van der Waals surface area (Å²) in [5, 5.41) is 10.5. The Morgan fingerprint density at radius 3 is 2.47 bits per heavy atom. The minimum absolute atomic E-state index is 0.0234. The van der Waals surface area contributed by atoms with Gasteiger partial charge in [0.2, 0.25) is 11.8 Å². The monoisotopic (exact) mass is 830 g/mol. The third-order valence-corrected chi connectivity index (χ3v) is 13.5. The number of nitrogen functional groups attached to an aromatic ring is 1. The van der Waals surface area contributed by atoms with Gasteiger partial charge in [0.25, 0.3) is 5.91 Å². The second-order valence-electron chi connectivity index (χ2n) is 16.4. The zero-order valence-corrected chi connectivity index (χ0v) is 34.1. The predicted octanol–water partition coefficient (Wildman–Crippen LogP) is 7.83. The smallest absolute Gasteiger partial charge is 0.253 e. The van der Waals surface area contributed by atoms with E-state index in [-0.39, 0.29) is 28.6 Å². The molecule has 12 nitrogen and oxygen atoms in total. The summed E-state index contributed by atoms with van der Waals surface area (Å²) in [4.78, 5) is 46.3. The van der Waals surface area contributed by atoms with E-state index in [1.165, 1.54) is 37.8 Å². The number of aromatic nitrogens is 3. The highest BCUT2D eigenvalue weighted by molar-refractivity contribution is 6.36. The number of nitrogens with zero attached hydrogens (tertiary/aromatic N) is 5. The van der Waals surface area contributed by atoms with E-state index in [1.54, 1.807) is 13.1 Å².